The molecule has 1 fully saturated rings. The third-order valence-electron chi connectivity index (χ3n) is 2.94. The predicted molar refractivity (Wildman–Crippen MR) is 53.1 cm³/mol. The van der Waals surface area contributed by atoms with Crippen LogP contribution < -0.4 is 0 Å². The summed E-state index contributed by atoms with van der Waals surface area (Å²) in [6.07, 6.45) is 4.93. The number of aliphatic hydroxyl groups is 1. The summed E-state index contributed by atoms with van der Waals surface area (Å²) >= 11 is 0. The number of nitrogens with zero attached hydrogens (tertiary/aromatic N) is 3. The molecule has 0 spiro atoms. The molecule has 1 aliphatic rings. The monoisotopic (exact) mass is 209 g/mol. The van der Waals surface area contributed by atoms with Crippen LogP contribution in [0.4, 0.5) is 0 Å². The van der Waals surface area contributed by atoms with Crippen molar-refractivity contribution in [1.29, 1.82) is 0 Å². The molecule has 0 saturated heterocycles. The van der Waals surface area contributed by atoms with Gasteiger partial charge < -0.3 is 5.11 Å². The van der Waals surface area contributed by atoms with Gasteiger partial charge in [0.25, 0.3) is 0 Å². The minimum Gasteiger partial charge on any atom is -0.382 e. The molecule has 82 valence electrons. The van der Waals surface area contributed by atoms with E-state index in [0.717, 1.165) is 12.8 Å². The lowest BCUT2D eigenvalue weighted by Gasteiger charge is -2.19. The fourth-order valence-corrected chi connectivity index (χ4v) is 2.04. The Morgan fingerprint density at radius 3 is 2.80 bits per heavy atom. The first-order valence-electron chi connectivity index (χ1n) is 5.21. The number of aryl methyl sites for hydroxylation is 1. The minimum absolute atomic E-state index is 0.125. The Morgan fingerprint density at radius 1 is 1.60 bits per heavy atom. The van der Waals surface area contributed by atoms with Gasteiger partial charge in [-0.1, -0.05) is 5.21 Å². The van der Waals surface area contributed by atoms with Crippen molar-refractivity contribution >= 4 is 5.78 Å². The number of hydrogen-bond acceptors (Lipinski definition) is 4. The number of carbonyl (C=O) groups excluding carboxylic acids is 1. The van der Waals surface area contributed by atoms with Gasteiger partial charge in [0.2, 0.25) is 0 Å². The third kappa shape index (κ3) is 2.07. The zero-order chi connectivity index (χ0) is 10.9. The van der Waals surface area contributed by atoms with Gasteiger partial charge in [-0.25, -0.2) is 0 Å². The molecule has 0 aliphatic heterocycles. The molecule has 0 amide bonds. The first kappa shape index (κ1) is 10.3. The number of ketones is 1. The second-order valence-corrected chi connectivity index (χ2v) is 4.22. The summed E-state index contributed by atoms with van der Waals surface area (Å²) in [5.41, 5.74) is -0.472. The van der Waals surface area contributed by atoms with Crippen molar-refractivity contribution in [1.82, 2.24) is 15.0 Å². The van der Waals surface area contributed by atoms with Crippen LogP contribution in [-0.4, -0.2) is 31.5 Å². The van der Waals surface area contributed by atoms with Gasteiger partial charge in [0.15, 0.2) is 5.78 Å². The molecule has 1 N–H and O–H groups in total. The summed E-state index contributed by atoms with van der Waals surface area (Å²) in [7, 11) is 1.76. The number of aromatic nitrogens is 3. The van der Waals surface area contributed by atoms with Crippen LogP contribution in [0.2, 0.25) is 0 Å². The molecule has 0 unspecified atom stereocenters. The van der Waals surface area contributed by atoms with Gasteiger partial charge >= 0.3 is 0 Å². The van der Waals surface area contributed by atoms with Crippen molar-refractivity contribution in [3.63, 3.8) is 0 Å². The largest absolute Gasteiger partial charge is 0.382 e. The molecule has 15 heavy (non-hydrogen) atoms. The van der Waals surface area contributed by atoms with Crippen molar-refractivity contribution in [3.05, 3.63) is 11.9 Å². The summed E-state index contributed by atoms with van der Waals surface area (Å²) in [4.78, 5) is 11.8. The van der Waals surface area contributed by atoms with Crippen LogP contribution in [0, 0.1) is 0 Å². The van der Waals surface area contributed by atoms with E-state index in [1.165, 1.54) is 0 Å². The molecule has 0 bridgehead atoms. The fourth-order valence-electron chi connectivity index (χ4n) is 2.04. The molecule has 1 aromatic rings. The maximum absolute atomic E-state index is 11.8. The van der Waals surface area contributed by atoms with Crippen LogP contribution in [0.25, 0.3) is 0 Å². The van der Waals surface area contributed by atoms with Gasteiger partial charge in [0.1, 0.15) is 5.60 Å². The average molecular weight is 209 g/mol. The van der Waals surface area contributed by atoms with Crippen molar-refractivity contribution < 1.29 is 9.90 Å². The Morgan fingerprint density at radius 2 is 2.27 bits per heavy atom. The number of Topliss-reactive ketones (excluding diaryl/α,β-unsaturated/α-hetero) is 1. The molecule has 1 saturated carbocycles. The smallest absolute Gasteiger partial charge is 0.170 e. The molecule has 0 aromatic carbocycles. The Balaban J connectivity index is 2.03. The Kier molecular flexibility index (Phi) is 2.56. The van der Waals surface area contributed by atoms with E-state index < -0.39 is 5.60 Å². The third-order valence-corrected chi connectivity index (χ3v) is 2.94. The minimum atomic E-state index is -1.10. The van der Waals surface area contributed by atoms with Gasteiger partial charge in [-0.05, 0) is 25.7 Å². The lowest BCUT2D eigenvalue weighted by Crippen LogP contribution is -2.36. The molecule has 1 aliphatic carbocycles. The number of hydrogen-bond donors (Lipinski definition) is 1. The average Bonchev–Trinajstić information content (AvgIpc) is 2.76. The van der Waals surface area contributed by atoms with E-state index in [1.807, 2.05) is 0 Å². The van der Waals surface area contributed by atoms with Gasteiger partial charge in [-0.3, -0.25) is 9.48 Å². The Hall–Kier alpha value is -1.23. The van der Waals surface area contributed by atoms with Crippen LogP contribution in [0.15, 0.2) is 6.20 Å². The molecule has 1 heterocycles. The molecule has 2 rings (SSSR count). The van der Waals surface area contributed by atoms with E-state index in [1.54, 1.807) is 17.9 Å². The maximum Gasteiger partial charge on any atom is 0.170 e. The van der Waals surface area contributed by atoms with Crippen LogP contribution in [-0.2, 0) is 18.3 Å². The summed E-state index contributed by atoms with van der Waals surface area (Å²) in [6.45, 7) is 0. The molecular weight excluding hydrogens is 194 g/mol. The normalized spacial score (nSPS) is 19.3. The predicted octanol–water partition coefficient (Wildman–Crippen LogP) is 0.232. The van der Waals surface area contributed by atoms with E-state index in [9.17, 15) is 9.90 Å². The standard InChI is InChI=1S/C10H15N3O2/c1-13-7-8(11-12-13)6-9(14)10(15)4-2-3-5-10/h7,15H,2-6H2,1H3. The van der Waals surface area contributed by atoms with Gasteiger partial charge in [0.05, 0.1) is 12.1 Å². The summed E-state index contributed by atoms with van der Waals surface area (Å²) in [6, 6.07) is 0. The first-order valence-corrected chi connectivity index (χ1v) is 5.21. The van der Waals surface area contributed by atoms with Gasteiger partial charge in [0, 0.05) is 13.2 Å². The topological polar surface area (TPSA) is 68.0 Å². The van der Waals surface area contributed by atoms with Crippen molar-refractivity contribution in [3.8, 4) is 0 Å². The van der Waals surface area contributed by atoms with Crippen molar-refractivity contribution in [2.24, 2.45) is 7.05 Å². The van der Waals surface area contributed by atoms with Crippen LogP contribution in [0.1, 0.15) is 31.4 Å². The molecule has 5 nitrogen and oxygen atoms in total. The number of rotatable bonds is 3. The van der Waals surface area contributed by atoms with Crippen LogP contribution >= 0.6 is 0 Å². The molecule has 5 heteroatoms. The summed E-state index contributed by atoms with van der Waals surface area (Å²) in [5.74, 6) is -0.125. The van der Waals surface area contributed by atoms with Crippen LogP contribution in [0.3, 0.4) is 0 Å². The van der Waals surface area contributed by atoms with Gasteiger partial charge in [-0.15, -0.1) is 5.10 Å². The van der Waals surface area contributed by atoms with Crippen molar-refractivity contribution in [2.75, 3.05) is 0 Å². The highest BCUT2D eigenvalue weighted by atomic mass is 16.3. The highest BCUT2D eigenvalue weighted by molar-refractivity contribution is 5.88. The SMILES string of the molecule is Cn1cc(CC(=O)C2(O)CCCC2)nn1. The van der Waals surface area contributed by atoms with E-state index in [2.05, 4.69) is 10.3 Å². The highest BCUT2D eigenvalue weighted by Gasteiger charge is 2.38. The number of carbonyl (C=O) groups is 1. The lowest BCUT2D eigenvalue weighted by atomic mass is 9.94. The second kappa shape index (κ2) is 3.73. The fraction of sp³-hybridized carbons (Fsp3) is 0.700. The zero-order valence-electron chi connectivity index (χ0n) is 8.81. The Labute approximate surface area is 88.1 Å². The summed E-state index contributed by atoms with van der Waals surface area (Å²) < 4.78 is 1.56. The maximum atomic E-state index is 11.8. The molecule has 0 radical (unpaired) electrons. The van der Waals surface area contributed by atoms with E-state index >= 15 is 0 Å². The van der Waals surface area contributed by atoms with E-state index in [0.29, 0.717) is 18.5 Å². The van der Waals surface area contributed by atoms with Crippen molar-refractivity contribution in [2.45, 2.75) is 37.7 Å². The van der Waals surface area contributed by atoms with E-state index in [4.69, 9.17) is 0 Å². The van der Waals surface area contributed by atoms with Crippen LogP contribution in [0.5, 0.6) is 0 Å². The second-order valence-electron chi connectivity index (χ2n) is 4.22. The molecular formula is C10H15N3O2. The van der Waals surface area contributed by atoms with E-state index in [-0.39, 0.29) is 12.2 Å². The molecule has 0 atom stereocenters. The molecule has 1 aromatic heterocycles. The first-order chi connectivity index (χ1) is 7.10. The summed E-state index contributed by atoms with van der Waals surface area (Å²) in [5, 5.41) is 17.6. The quantitative estimate of drug-likeness (QED) is 0.773. The zero-order valence-corrected chi connectivity index (χ0v) is 8.81. The highest BCUT2D eigenvalue weighted by Crippen LogP contribution is 2.30. The lowest BCUT2D eigenvalue weighted by molar-refractivity contribution is -0.136. The van der Waals surface area contributed by atoms with Gasteiger partial charge in [-0.2, -0.15) is 0 Å². The Bertz CT molecular complexity index is 366.